The van der Waals surface area contributed by atoms with E-state index in [0.717, 1.165) is 12.8 Å². The van der Waals surface area contributed by atoms with Crippen molar-refractivity contribution in [3.8, 4) is 23.7 Å². The van der Waals surface area contributed by atoms with Crippen LogP contribution in [0.2, 0.25) is 0 Å². The quantitative estimate of drug-likeness (QED) is 0.730. The molecule has 0 aromatic heterocycles. The van der Waals surface area contributed by atoms with E-state index in [0.29, 0.717) is 5.75 Å². The third-order valence-electron chi connectivity index (χ3n) is 2.76. The zero-order valence-electron chi connectivity index (χ0n) is 9.80. The van der Waals surface area contributed by atoms with Crippen molar-refractivity contribution >= 4 is 0 Å². The smallest absolute Gasteiger partial charge is 0.140 e. The van der Waals surface area contributed by atoms with Crippen molar-refractivity contribution in [3.63, 3.8) is 0 Å². The van der Waals surface area contributed by atoms with Gasteiger partial charge in [-0.1, -0.05) is 5.92 Å². The van der Waals surface area contributed by atoms with Gasteiger partial charge in [-0.25, -0.2) is 4.39 Å². The standard InChI is InChI=1S/C14H12FNO/c1-3-4-10-8-13(17-14(2)5-6-14)11(9-16)7-12(10)15/h7-8H,5-6H2,1-2H3. The third-order valence-corrected chi connectivity index (χ3v) is 2.76. The van der Waals surface area contributed by atoms with Crippen molar-refractivity contribution in [3.05, 3.63) is 29.1 Å². The van der Waals surface area contributed by atoms with Gasteiger partial charge in [-0.2, -0.15) is 5.26 Å². The molecule has 1 aliphatic rings. The SMILES string of the molecule is CC#Cc1cc(OC2(C)CC2)c(C#N)cc1F. The first-order chi connectivity index (χ1) is 8.08. The molecule has 2 rings (SSSR count). The first kappa shape index (κ1) is 11.5. The van der Waals surface area contributed by atoms with Crippen LogP contribution in [0, 0.1) is 29.0 Å². The second kappa shape index (κ2) is 4.11. The van der Waals surface area contributed by atoms with E-state index in [2.05, 4.69) is 11.8 Å². The summed E-state index contributed by atoms with van der Waals surface area (Å²) < 4.78 is 19.3. The van der Waals surface area contributed by atoms with Gasteiger partial charge in [0, 0.05) is 6.07 Å². The van der Waals surface area contributed by atoms with Crippen LogP contribution in [0.1, 0.15) is 37.8 Å². The van der Waals surface area contributed by atoms with Crippen LogP contribution in [0.3, 0.4) is 0 Å². The Kier molecular flexibility index (Phi) is 2.77. The molecule has 0 saturated heterocycles. The molecule has 2 nitrogen and oxygen atoms in total. The number of ether oxygens (including phenoxy) is 1. The van der Waals surface area contributed by atoms with Gasteiger partial charge in [0.2, 0.25) is 0 Å². The van der Waals surface area contributed by atoms with Crippen LogP contribution in [0.15, 0.2) is 12.1 Å². The summed E-state index contributed by atoms with van der Waals surface area (Å²) in [5.41, 5.74) is 0.295. The van der Waals surface area contributed by atoms with Crippen molar-refractivity contribution in [2.75, 3.05) is 0 Å². The van der Waals surface area contributed by atoms with Crippen LogP contribution in [0.5, 0.6) is 5.75 Å². The Morgan fingerprint density at radius 2 is 2.06 bits per heavy atom. The summed E-state index contributed by atoms with van der Waals surface area (Å²) in [5.74, 6) is 5.24. The van der Waals surface area contributed by atoms with Gasteiger partial charge in [0.25, 0.3) is 0 Å². The molecule has 0 spiro atoms. The van der Waals surface area contributed by atoms with Crippen molar-refractivity contribution in [1.29, 1.82) is 5.26 Å². The molecule has 0 unspecified atom stereocenters. The molecule has 0 atom stereocenters. The highest BCUT2D eigenvalue weighted by atomic mass is 19.1. The second-order valence-corrected chi connectivity index (χ2v) is 4.37. The summed E-state index contributed by atoms with van der Waals surface area (Å²) in [4.78, 5) is 0. The van der Waals surface area contributed by atoms with E-state index in [1.807, 2.05) is 13.0 Å². The first-order valence-corrected chi connectivity index (χ1v) is 5.43. The molecule has 0 aliphatic heterocycles. The summed E-state index contributed by atoms with van der Waals surface area (Å²) in [7, 11) is 0. The summed E-state index contributed by atoms with van der Waals surface area (Å²) >= 11 is 0. The monoisotopic (exact) mass is 229 g/mol. The first-order valence-electron chi connectivity index (χ1n) is 5.43. The van der Waals surface area contributed by atoms with E-state index in [-0.39, 0.29) is 16.7 Å². The lowest BCUT2D eigenvalue weighted by atomic mass is 10.1. The van der Waals surface area contributed by atoms with E-state index in [9.17, 15) is 4.39 Å². The maximum absolute atomic E-state index is 13.5. The van der Waals surface area contributed by atoms with Gasteiger partial charge >= 0.3 is 0 Å². The van der Waals surface area contributed by atoms with Crippen LogP contribution >= 0.6 is 0 Å². The average Bonchev–Trinajstić information content (AvgIpc) is 3.01. The number of nitriles is 1. The summed E-state index contributed by atoms with van der Waals surface area (Å²) in [5, 5.41) is 8.95. The molecule has 3 heteroatoms. The van der Waals surface area contributed by atoms with Crippen molar-refractivity contribution < 1.29 is 9.13 Å². The molecule has 1 fully saturated rings. The molecular weight excluding hydrogens is 217 g/mol. The van der Waals surface area contributed by atoms with Crippen LogP contribution < -0.4 is 4.74 Å². The predicted molar refractivity (Wildman–Crippen MR) is 61.9 cm³/mol. The molecule has 0 bridgehead atoms. The fraction of sp³-hybridized carbons (Fsp3) is 0.357. The normalized spacial score (nSPS) is 15.4. The third kappa shape index (κ3) is 2.40. The molecule has 86 valence electrons. The van der Waals surface area contributed by atoms with Crippen LogP contribution in [-0.2, 0) is 0 Å². The molecule has 17 heavy (non-hydrogen) atoms. The lowest BCUT2D eigenvalue weighted by molar-refractivity contribution is 0.199. The van der Waals surface area contributed by atoms with Gasteiger partial charge in [0.05, 0.1) is 11.1 Å². The molecule has 1 aromatic rings. The Labute approximate surface area is 100 Å². The maximum Gasteiger partial charge on any atom is 0.140 e. The molecule has 1 aromatic carbocycles. The van der Waals surface area contributed by atoms with E-state index in [1.165, 1.54) is 12.1 Å². The minimum atomic E-state index is -0.482. The Morgan fingerprint density at radius 1 is 1.35 bits per heavy atom. The lowest BCUT2D eigenvalue weighted by Crippen LogP contribution is -2.13. The highest BCUT2D eigenvalue weighted by Gasteiger charge is 2.40. The maximum atomic E-state index is 13.5. The van der Waals surface area contributed by atoms with Crippen molar-refractivity contribution in [1.82, 2.24) is 0 Å². The zero-order chi connectivity index (χ0) is 12.5. The number of hydrogen-bond acceptors (Lipinski definition) is 2. The molecule has 0 radical (unpaired) electrons. The fourth-order valence-electron chi connectivity index (χ4n) is 1.50. The van der Waals surface area contributed by atoms with Gasteiger partial charge in [0.15, 0.2) is 0 Å². The Morgan fingerprint density at radius 3 is 2.59 bits per heavy atom. The van der Waals surface area contributed by atoms with Crippen LogP contribution in [0.25, 0.3) is 0 Å². The van der Waals surface area contributed by atoms with Gasteiger partial charge < -0.3 is 4.74 Å². The van der Waals surface area contributed by atoms with Crippen molar-refractivity contribution in [2.24, 2.45) is 0 Å². The molecule has 1 saturated carbocycles. The Hall–Kier alpha value is -2.00. The lowest BCUT2D eigenvalue weighted by Gasteiger charge is -2.14. The minimum absolute atomic E-state index is 0.194. The molecule has 0 heterocycles. The number of halogens is 1. The summed E-state index contributed by atoms with van der Waals surface area (Å²) in [6.45, 7) is 3.61. The van der Waals surface area contributed by atoms with Gasteiger partial charge in [-0.3, -0.25) is 0 Å². The fourth-order valence-corrected chi connectivity index (χ4v) is 1.50. The van der Waals surface area contributed by atoms with Gasteiger partial charge in [0.1, 0.15) is 23.2 Å². The average molecular weight is 229 g/mol. The highest BCUT2D eigenvalue weighted by Crippen LogP contribution is 2.40. The van der Waals surface area contributed by atoms with E-state index in [4.69, 9.17) is 10.00 Å². The van der Waals surface area contributed by atoms with Crippen LogP contribution in [-0.4, -0.2) is 5.60 Å². The molecule has 0 N–H and O–H groups in total. The topological polar surface area (TPSA) is 33.0 Å². The summed E-state index contributed by atoms with van der Waals surface area (Å²) in [6.07, 6.45) is 1.92. The second-order valence-electron chi connectivity index (χ2n) is 4.37. The number of hydrogen-bond donors (Lipinski definition) is 0. The Balaban J connectivity index is 2.43. The molecule has 0 amide bonds. The van der Waals surface area contributed by atoms with Gasteiger partial charge in [-0.05, 0) is 32.8 Å². The minimum Gasteiger partial charge on any atom is -0.486 e. The van der Waals surface area contributed by atoms with Crippen molar-refractivity contribution in [2.45, 2.75) is 32.3 Å². The molecular formula is C14H12FNO. The van der Waals surface area contributed by atoms with E-state index < -0.39 is 5.82 Å². The predicted octanol–water partition coefficient (Wildman–Crippen LogP) is 3.00. The largest absolute Gasteiger partial charge is 0.486 e. The van der Waals surface area contributed by atoms with Gasteiger partial charge in [-0.15, -0.1) is 5.92 Å². The number of nitrogens with zero attached hydrogens (tertiary/aromatic N) is 1. The number of benzene rings is 1. The zero-order valence-corrected chi connectivity index (χ0v) is 9.80. The number of rotatable bonds is 2. The van der Waals surface area contributed by atoms with Crippen LogP contribution in [0.4, 0.5) is 4.39 Å². The van der Waals surface area contributed by atoms with E-state index in [1.54, 1.807) is 6.92 Å². The molecule has 1 aliphatic carbocycles. The highest BCUT2D eigenvalue weighted by molar-refractivity contribution is 5.51. The van der Waals surface area contributed by atoms with E-state index >= 15 is 0 Å². The summed E-state index contributed by atoms with van der Waals surface area (Å²) in [6, 6.07) is 4.63. The Bertz CT molecular complexity index is 556.